The Labute approximate surface area is 120 Å². The van der Waals surface area contributed by atoms with E-state index in [0.717, 1.165) is 24.0 Å². The summed E-state index contributed by atoms with van der Waals surface area (Å²) >= 11 is 0. The van der Waals surface area contributed by atoms with Gasteiger partial charge in [0.15, 0.2) is 0 Å². The molecule has 20 heavy (non-hydrogen) atoms. The molecule has 0 nitrogen and oxygen atoms in total. The molecule has 0 aromatic heterocycles. The summed E-state index contributed by atoms with van der Waals surface area (Å²) in [6.45, 7) is 0. The topological polar surface area (TPSA) is 0 Å². The van der Waals surface area contributed by atoms with Crippen LogP contribution in [0, 0.1) is 12.1 Å². The largest absolute Gasteiger partial charge is 0.0622 e. The fraction of sp³-hybridized carbons (Fsp3) is 0.100. The van der Waals surface area contributed by atoms with Gasteiger partial charge in [0.25, 0.3) is 0 Å². The van der Waals surface area contributed by atoms with E-state index in [-0.39, 0.29) is 0 Å². The average Bonchev–Trinajstić information content (AvgIpc) is 2.55. The molecule has 3 aromatic rings. The summed E-state index contributed by atoms with van der Waals surface area (Å²) in [6, 6.07) is 31.6. The molecule has 3 rings (SSSR count). The molecular formula is C20H16. The summed E-state index contributed by atoms with van der Waals surface area (Å²) in [7, 11) is 0. The van der Waals surface area contributed by atoms with Crippen LogP contribution in [0.15, 0.2) is 72.8 Å². The second-order valence-corrected chi connectivity index (χ2v) is 4.87. The highest BCUT2D eigenvalue weighted by molar-refractivity contribution is 5.62. The summed E-state index contributed by atoms with van der Waals surface area (Å²) in [5, 5.41) is 0. The minimum atomic E-state index is 1.05. The first-order valence-electron chi connectivity index (χ1n) is 6.93. The minimum Gasteiger partial charge on any atom is -0.0622 e. The van der Waals surface area contributed by atoms with E-state index < -0.39 is 0 Å². The van der Waals surface area contributed by atoms with Crippen molar-refractivity contribution in [2.45, 2.75) is 12.8 Å². The molecule has 2 radical (unpaired) electrons. The van der Waals surface area contributed by atoms with Gasteiger partial charge >= 0.3 is 0 Å². The molecule has 0 bridgehead atoms. The molecule has 3 aromatic carbocycles. The fourth-order valence-corrected chi connectivity index (χ4v) is 2.32. The molecule has 0 amide bonds. The first kappa shape index (κ1) is 12.7. The van der Waals surface area contributed by atoms with Gasteiger partial charge in [0.2, 0.25) is 0 Å². The van der Waals surface area contributed by atoms with Crippen LogP contribution in [0.2, 0.25) is 0 Å². The fourth-order valence-electron chi connectivity index (χ4n) is 2.32. The quantitative estimate of drug-likeness (QED) is 0.632. The van der Waals surface area contributed by atoms with Crippen molar-refractivity contribution in [3.05, 3.63) is 96.1 Å². The number of rotatable bonds is 4. The molecule has 0 spiro atoms. The molecule has 0 N–H and O–H groups in total. The second kappa shape index (κ2) is 6.21. The minimum absolute atomic E-state index is 1.05. The van der Waals surface area contributed by atoms with Gasteiger partial charge in [0, 0.05) is 0 Å². The SMILES string of the molecule is [c]1ccccc1-c1[c]ccc(CCc2ccccc2)c1. The van der Waals surface area contributed by atoms with Crippen molar-refractivity contribution in [3.63, 3.8) is 0 Å². The Balaban J connectivity index is 1.75. The molecule has 0 heterocycles. The van der Waals surface area contributed by atoms with Crippen LogP contribution in [-0.2, 0) is 12.8 Å². The number of hydrogen-bond donors (Lipinski definition) is 0. The van der Waals surface area contributed by atoms with E-state index in [2.05, 4.69) is 60.7 Å². The number of hydrogen-bond acceptors (Lipinski definition) is 0. The van der Waals surface area contributed by atoms with E-state index in [0.29, 0.717) is 0 Å². The van der Waals surface area contributed by atoms with Crippen molar-refractivity contribution in [1.29, 1.82) is 0 Å². The molecule has 0 aliphatic carbocycles. The van der Waals surface area contributed by atoms with Crippen molar-refractivity contribution in [2.75, 3.05) is 0 Å². The van der Waals surface area contributed by atoms with Gasteiger partial charge in [-0.25, -0.2) is 0 Å². The van der Waals surface area contributed by atoms with Gasteiger partial charge in [-0.15, -0.1) is 0 Å². The zero-order chi connectivity index (χ0) is 13.6. The lowest BCUT2D eigenvalue weighted by Gasteiger charge is -2.05. The van der Waals surface area contributed by atoms with Crippen LogP contribution in [0.4, 0.5) is 0 Å². The molecular weight excluding hydrogens is 240 g/mol. The third-order valence-electron chi connectivity index (χ3n) is 3.41. The lowest BCUT2D eigenvalue weighted by atomic mass is 9.99. The zero-order valence-corrected chi connectivity index (χ0v) is 11.3. The van der Waals surface area contributed by atoms with Crippen LogP contribution >= 0.6 is 0 Å². The molecule has 0 aliphatic rings. The van der Waals surface area contributed by atoms with E-state index in [9.17, 15) is 0 Å². The highest BCUT2D eigenvalue weighted by Crippen LogP contribution is 2.19. The van der Waals surface area contributed by atoms with Crippen LogP contribution in [0.1, 0.15) is 11.1 Å². The Kier molecular flexibility index (Phi) is 3.93. The summed E-state index contributed by atoms with van der Waals surface area (Å²) in [5.41, 5.74) is 4.96. The third-order valence-corrected chi connectivity index (χ3v) is 3.41. The maximum Gasteiger partial charge on any atom is -0.00962 e. The van der Waals surface area contributed by atoms with E-state index in [1.807, 2.05) is 24.3 Å². The standard InChI is InChI=1S/C20H16/c1-3-8-17(9-4-1)14-15-18-10-7-13-20(16-18)19-11-5-2-6-12-19/h1-11,16H,14-15H2. The van der Waals surface area contributed by atoms with Gasteiger partial charge in [0.05, 0.1) is 0 Å². The Morgan fingerprint density at radius 3 is 2.15 bits per heavy atom. The Morgan fingerprint density at radius 1 is 0.600 bits per heavy atom. The summed E-state index contributed by atoms with van der Waals surface area (Å²) in [6.07, 6.45) is 2.13. The normalized spacial score (nSPS) is 10.4. The van der Waals surface area contributed by atoms with Gasteiger partial charge in [-0.2, -0.15) is 0 Å². The molecule has 0 heteroatoms. The average molecular weight is 256 g/mol. The first-order chi connectivity index (χ1) is 9.92. The van der Waals surface area contributed by atoms with Crippen LogP contribution in [0.3, 0.4) is 0 Å². The smallest absolute Gasteiger partial charge is 0.00962 e. The summed E-state index contributed by atoms with van der Waals surface area (Å²) in [4.78, 5) is 0. The van der Waals surface area contributed by atoms with Gasteiger partial charge in [-0.05, 0) is 47.2 Å². The van der Waals surface area contributed by atoms with E-state index in [4.69, 9.17) is 0 Å². The summed E-state index contributed by atoms with van der Waals surface area (Å²) < 4.78 is 0. The van der Waals surface area contributed by atoms with Crippen LogP contribution < -0.4 is 0 Å². The summed E-state index contributed by atoms with van der Waals surface area (Å²) in [5.74, 6) is 0. The molecule has 0 unspecified atom stereocenters. The van der Waals surface area contributed by atoms with Crippen molar-refractivity contribution >= 4 is 0 Å². The van der Waals surface area contributed by atoms with Crippen molar-refractivity contribution in [1.82, 2.24) is 0 Å². The van der Waals surface area contributed by atoms with Crippen molar-refractivity contribution in [2.24, 2.45) is 0 Å². The van der Waals surface area contributed by atoms with Gasteiger partial charge in [-0.1, -0.05) is 72.8 Å². The van der Waals surface area contributed by atoms with Crippen LogP contribution in [-0.4, -0.2) is 0 Å². The predicted octanol–water partition coefficient (Wildman–Crippen LogP) is 4.74. The lowest BCUT2D eigenvalue weighted by molar-refractivity contribution is 0.960. The lowest BCUT2D eigenvalue weighted by Crippen LogP contribution is -1.91. The highest BCUT2D eigenvalue weighted by Gasteiger charge is 2.00. The number of aryl methyl sites for hydroxylation is 2. The molecule has 0 saturated carbocycles. The van der Waals surface area contributed by atoms with Gasteiger partial charge < -0.3 is 0 Å². The molecule has 96 valence electrons. The van der Waals surface area contributed by atoms with Crippen molar-refractivity contribution in [3.8, 4) is 11.1 Å². The molecule has 0 aliphatic heterocycles. The van der Waals surface area contributed by atoms with E-state index in [1.165, 1.54) is 11.1 Å². The number of benzene rings is 3. The third kappa shape index (κ3) is 3.16. The predicted molar refractivity (Wildman–Crippen MR) is 83.4 cm³/mol. The maximum atomic E-state index is 3.29. The first-order valence-corrected chi connectivity index (χ1v) is 6.93. The van der Waals surface area contributed by atoms with E-state index >= 15 is 0 Å². The molecule has 0 fully saturated rings. The van der Waals surface area contributed by atoms with Crippen LogP contribution in [0.5, 0.6) is 0 Å². The van der Waals surface area contributed by atoms with Crippen molar-refractivity contribution < 1.29 is 0 Å². The van der Waals surface area contributed by atoms with E-state index in [1.54, 1.807) is 0 Å². The Hall–Kier alpha value is -2.34. The molecule has 0 atom stereocenters. The Morgan fingerprint density at radius 2 is 1.35 bits per heavy atom. The van der Waals surface area contributed by atoms with Gasteiger partial charge in [-0.3, -0.25) is 0 Å². The zero-order valence-electron chi connectivity index (χ0n) is 11.3. The second-order valence-electron chi connectivity index (χ2n) is 4.87. The maximum absolute atomic E-state index is 3.29. The molecule has 0 saturated heterocycles. The highest BCUT2D eigenvalue weighted by atomic mass is 14.0. The Bertz CT molecular complexity index is 654. The van der Waals surface area contributed by atoms with Crippen LogP contribution in [0.25, 0.3) is 11.1 Å². The monoisotopic (exact) mass is 256 g/mol. The van der Waals surface area contributed by atoms with Gasteiger partial charge in [0.1, 0.15) is 0 Å².